The molecule has 0 fully saturated rings. The van der Waals surface area contributed by atoms with Gasteiger partial charge in [-0.15, -0.1) is 6.42 Å². The number of nitrogens with zero attached hydrogens (tertiary/aromatic N) is 2. The summed E-state index contributed by atoms with van der Waals surface area (Å²) < 4.78 is 26.1. The second-order valence-electron chi connectivity index (χ2n) is 2.80. The Morgan fingerprint density at radius 2 is 2.38 bits per heavy atom. The van der Waals surface area contributed by atoms with E-state index in [1.807, 2.05) is 0 Å². The summed E-state index contributed by atoms with van der Waals surface area (Å²) in [6.45, 7) is -0.531. The van der Waals surface area contributed by atoms with E-state index >= 15 is 0 Å². The van der Waals surface area contributed by atoms with Crippen molar-refractivity contribution in [2.24, 2.45) is 0 Å². The van der Waals surface area contributed by atoms with Crippen LogP contribution in [-0.2, 0) is 21.4 Å². The molecule has 16 heavy (non-hydrogen) atoms. The lowest BCUT2D eigenvalue weighted by Crippen LogP contribution is -2.23. The number of nitrogens with one attached hydrogen (secondary N) is 1. The first-order valence-electron chi connectivity index (χ1n) is 4.13. The molecule has 0 bridgehead atoms. The van der Waals surface area contributed by atoms with Gasteiger partial charge in [-0.25, -0.2) is 8.42 Å². The Morgan fingerprint density at radius 1 is 1.69 bits per heavy atom. The first-order valence-corrected chi connectivity index (χ1v) is 5.61. The van der Waals surface area contributed by atoms with Crippen LogP contribution in [0.25, 0.3) is 0 Å². The molecule has 0 aliphatic heterocycles. The Balaban J connectivity index is 2.85. The van der Waals surface area contributed by atoms with Crippen LogP contribution in [0.3, 0.4) is 0 Å². The molecule has 0 saturated heterocycles. The summed E-state index contributed by atoms with van der Waals surface area (Å²) in [4.78, 5) is 10.2. The maximum absolute atomic E-state index is 11.5. The van der Waals surface area contributed by atoms with E-state index in [4.69, 9.17) is 11.5 Å². The van der Waals surface area contributed by atoms with Crippen molar-refractivity contribution < 1.29 is 18.3 Å². The highest BCUT2D eigenvalue weighted by molar-refractivity contribution is 7.89. The van der Waals surface area contributed by atoms with Crippen LogP contribution in [0.5, 0.6) is 0 Å². The largest absolute Gasteiger partial charge is 0.480 e. The molecule has 0 aliphatic carbocycles. The van der Waals surface area contributed by atoms with Crippen molar-refractivity contribution in [3.05, 3.63) is 12.4 Å². The molecule has 0 spiro atoms. The van der Waals surface area contributed by atoms with Crippen LogP contribution in [0.4, 0.5) is 0 Å². The van der Waals surface area contributed by atoms with Crippen molar-refractivity contribution in [1.29, 1.82) is 0 Å². The number of sulfonamides is 1. The van der Waals surface area contributed by atoms with Crippen LogP contribution in [0.2, 0.25) is 0 Å². The predicted molar refractivity (Wildman–Crippen MR) is 53.9 cm³/mol. The number of rotatable bonds is 5. The van der Waals surface area contributed by atoms with Crippen LogP contribution in [0.15, 0.2) is 17.3 Å². The second kappa shape index (κ2) is 4.78. The Labute approximate surface area is 92.1 Å². The molecule has 0 aromatic carbocycles. The fraction of sp³-hybridized carbons (Fsp3) is 0.250. The number of aromatic nitrogens is 2. The van der Waals surface area contributed by atoms with Crippen LogP contribution >= 0.6 is 0 Å². The zero-order valence-electron chi connectivity index (χ0n) is 8.12. The molecule has 86 valence electrons. The lowest BCUT2D eigenvalue weighted by Gasteiger charge is -1.99. The molecule has 8 heteroatoms. The molecule has 7 nitrogen and oxygen atoms in total. The first kappa shape index (κ1) is 12.2. The van der Waals surface area contributed by atoms with Gasteiger partial charge in [0, 0.05) is 6.20 Å². The molecule has 0 unspecified atom stereocenters. The highest BCUT2D eigenvalue weighted by atomic mass is 32.2. The zero-order valence-corrected chi connectivity index (χ0v) is 8.94. The quantitative estimate of drug-likeness (QED) is 0.638. The molecule has 1 heterocycles. The van der Waals surface area contributed by atoms with Gasteiger partial charge in [0.2, 0.25) is 10.0 Å². The summed E-state index contributed by atoms with van der Waals surface area (Å²) in [7, 11) is -3.71. The maximum atomic E-state index is 11.5. The normalized spacial score (nSPS) is 10.9. The standard InChI is InChI=1S/C8H9N3O4S/c1-2-3-10-16(14,15)7-4-9-11(5-7)6-8(12)13/h1,4-5,10H,3,6H2,(H,12,13). The van der Waals surface area contributed by atoms with E-state index in [9.17, 15) is 13.2 Å². The molecular weight excluding hydrogens is 234 g/mol. The van der Waals surface area contributed by atoms with Crippen molar-refractivity contribution in [1.82, 2.24) is 14.5 Å². The number of aliphatic carboxylic acids is 1. The average Bonchev–Trinajstić information content (AvgIpc) is 2.63. The monoisotopic (exact) mass is 243 g/mol. The van der Waals surface area contributed by atoms with E-state index in [-0.39, 0.29) is 11.4 Å². The van der Waals surface area contributed by atoms with Gasteiger partial charge in [-0.2, -0.15) is 9.82 Å². The third-order valence-corrected chi connectivity index (χ3v) is 2.94. The van der Waals surface area contributed by atoms with E-state index < -0.39 is 22.5 Å². The van der Waals surface area contributed by atoms with Crippen molar-refractivity contribution in [2.45, 2.75) is 11.4 Å². The summed E-state index contributed by atoms with van der Waals surface area (Å²) >= 11 is 0. The minimum atomic E-state index is -3.71. The van der Waals surface area contributed by atoms with E-state index in [1.54, 1.807) is 0 Å². The lowest BCUT2D eigenvalue weighted by molar-refractivity contribution is -0.137. The molecule has 2 N–H and O–H groups in total. The minimum Gasteiger partial charge on any atom is -0.480 e. The molecule has 1 rings (SSSR count). The molecule has 0 amide bonds. The smallest absolute Gasteiger partial charge is 0.325 e. The van der Waals surface area contributed by atoms with Gasteiger partial charge in [-0.1, -0.05) is 5.92 Å². The van der Waals surface area contributed by atoms with E-state index in [0.29, 0.717) is 0 Å². The highest BCUT2D eigenvalue weighted by Gasteiger charge is 2.15. The Morgan fingerprint density at radius 3 is 2.94 bits per heavy atom. The summed E-state index contributed by atoms with van der Waals surface area (Å²) in [5.41, 5.74) is 0. The number of hydrogen-bond donors (Lipinski definition) is 2. The highest BCUT2D eigenvalue weighted by Crippen LogP contribution is 2.06. The molecule has 1 aromatic heterocycles. The topological polar surface area (TPSA) is 101 Å². The van der Waals surface area contributed by atoms with Gasteiger partial charge in [0.1, 0.15) is 11.4 Å². The lowest BCUT2D eigenvalue weighted by atomic mass is 10.6. The van der Waals surface area contributed by atoms with Gasteiger partial charge in [-0.3, -0.25) is 9.48 Å². The summed E-state index contributed by atoms with van der Waals surface area (Å²) in [6, 6.07) is 0. The zero-order chi connectivity index (χ0) is 12.2. The molecule has 1 aromatic rings. The van der Waals surface area contributed by atoms with Gasteiger partial charge in [-0.05, 0) is 0 Å². The number of carbonyl (C=O) groups is 1. The SMILES string of the molecule is C#CCNS(=O)(=O)c1cnn(CC(=O)O)c1. The Hall–Kier alpha value is -1.85. The molecule has 0 atom stereocenters. The van der Waals surface area contributed by atoms with E-state index in [2.05, 4.69) is 15.7 Å². The first-order chi connectivity index (χ1) is 7.45. The third-order valence-electron chi connectivity index (χ3n) is 1.58. The number of terminal acetylenes is 1. The summed E-state index contributed by atoms with van der Waals surface area (Å²) in [6.07, 6.45) is 7.08. The number of hydrogen-bond acceptors (Lipinski definition) is 4. The predicted octanol–water partition coefficient (Wildman–Crippen LogP) is -1.12. The van der Waals surface area contributed by atoms with Crippen molar-refractivity contribution >= 4 is 16.0 Å². The fourth-order valence-corrected chi connectivity index (χ4v) is 1.81. The summed E-state index contributed by atoms with van der Waals surface area (Å²) in [5.74, 6) is 1.01. The van der Waals surface area contributed by atoms with Gasteiger partial charge in [0.05, 0.1) is 12.7 Å². The Kier molecular flexibility index (Phi) is 3.65. The molecule has 0 aliphatic rings. The maximum Gasteiger partial charge on any atom is 0.325 e. The van der Waals surface area contributed by atoms with Crippen molar-refractivity contribution in [2.75, 3.05) is 6.54 Å². The molecule has 0 radical (unpaired) electrons. The third kappa shape index (κ3) is 3.08. The van der Waals surface area contributed by atoms with Crippen molar-refractivity contribution in [3.63, 3.8) is 0 Å². The van der Waals surface area contributed by atoms with Crippen molar-refractivity contribution in [3.8, 4) is 12.3 Å². The van der Waals surface area contributed by atoms with Gasteiger partial charge < -0.3 is 5.11 Å². The minimum absolute atomic E-state index is 0.121. The fourth-order valence-electron chi connectivity index (χ4n) is 0.928. The van der Waals surface area contributed by atoms with Crippen LogP contribution in [0.1, 0.15) is 0 Å². The number of carboxylic acid groups (broad SMARTS) is 1. The van der Waals surface area contributed by atoms with Gasteiger partial charge >= 0.3 is 5.97 Å². The van der Waals surface area contributed by atoms with Crippen LogP contribution in [-0.4, -0.2) is 35.8 Å². The average molecular weight is 243 g/mol. The Bertz CT molecular complexity index is 526. The second-order valence-corrected chi connectivity index (χ2v) is 4.56. The number of carboxylic acids is 1. The van der Waals surface area contributed by atoms with Gasteiger partial charge in [0.15, 0.2) is 0 Å². The van der Waals surface area contributed by atoms with E-state index in [1.165, 1.54) is 0 Å². The molecule has 0 saturated carbocycles. The van der Waals surface area contributed by atoms with Gasteiger partial charge in [0.25, 0.3) is 0 Å². The van der Waals surface area contributed by atoms with Crippen LogP contribution < -0.4 is 4.72 Å². The van der Waals surface area contributed by atoms with E-state index in [0.717, 1.165) is 17.1 Å². The summed E-state index contributed by atoms with van der Waals surface area (Å²) in [5, 5.41) is 12.1. The van der Waals surface area contributed by atoms with Crippen LogP contribution in [0, 0.1) is 12.3 Å². The molecular formula is C8H9N3O4S.